The number of rotatable bonds is 4. The van der Waals surface area contributed by atoms with Gasteiger partial charge in [-0.1, -0.05) is 17.7 Å². The van der Waals surface area contributed by atoms with Crippen molar-refractivity contribution in [2.24, 2.45) is 10.7 Å². The maximum absolute atomic E-state index is 6.09. The second-order valence-electron chi connectivity index (χ2n) is 3.24. The fourth-order valence-corrected chi connectivity index (χ4v) is 1.53. The third kappa shape index (κ3) is 3.62. The van der Waals surface area contributed by atoms with Crippen molar-refractivity contribution in [1.29, 1.82) is 0 Å². The van der Waals surface area contributed by atoms with Gasteiger partial charge in [-0.05, 0) is 24.1 Å². The largest absolute Gasteiger partial charge is 0.497 e. The zero-order valence-corrected chi connectivity index (χ0v) is 10.2. The molecule has 0 bridgehead atoms. The second-order valence-corrected chi connectivity index (χ2v) is 3.65. The van der Waals surface area contributed by atoms with Gasteiger partial charge in [0.15, 0.2) is 5.96 Å². The highest BCUT2D eigenvalue weighted by atomic mass is 35.5. The summed E-state index contributed by atoms with van der Waals surface area (Å²) in [6, 6.07) is 5.63. The minimum atomic E-state index is 0.435. The summed E-state index contributed by atoms with van der Waals surface area (Å²) in [6.07, 6.45) is 0.791. The second kappa shape index (κ2) is 6.23. The van der Waals surface area contributed by atoms with Crippen LogP contribution in [0.3, 0.4) is 0 Å². The number of guanidine groups is 1. The molecule has 88 valence electrons. The minimum Gasteiger partial charge on any atom is -0.497 e. The maximum atomic E-state index is 6.09. The molecule has 0 aromatic heterocycles. The molecule has 0 saturated heterocycles. The van der Waals surface area contributed by atoms with Gasteiger partial charge in [-0.15, -0.1) is 0 Å². The van der Waals surface area contributed by atoms with E-state index in [2.05, 4.69) is 10.3 Å². The lowest BCUT2D eigenvalue weighted by atomic mass is 10.1. The van der Waals surface area contributed by atoms with Crippen molar-refractivity contribution in [3.63, 3.8) is 0 Å². The third-order valence-corrected chi connectivity index (χ3v) is 2.55. The van der Waals surface area contributed by atoms with Gasteiger partial charge in [-0.3, -0.25) is 4.99 Å². The van der Waals surface area contributed by atoms with Crippen LogP contribution >= 0.6 is 11.6 Å². The molecule has 0 fully saturated rings. The number of halogens is 1. The Balaban J connectivity index is 2.54. The summed E-state index contributed by atoms with van der Waals surface area (Å²) >= 11 is 6.09. The van der Waals surface area contributed by atoms with Gasteiger partial charge in [0.05, 0.1) is 7.11 Å². The van der Waals surface area contributed by atoms with Gasteiger partial charge in [-0.25, -0.2) is 0 Å². The molecular weight excluding hydrogens is 226 g/mol. The van der Waals surface area contributed by atoms with Crippen LogP contribution in [0.25, 0.3) is 0 Å². The number of aliphatic imine (C=N–C) groups is 1. The Morgan fingerprint density at radius 3 is 2.88 bits per heavy atom. The zero-order chi connectivity index (χ0) is 12.0. The van der Waals surface area contributed by atoms with E-state index in [0.717, 1.165) is 17.7 Å². The van der Waals surface area contributed by atoms with Gasteiger partial charge in [-0.2, -0.15) is 0 Å². The fourth-order valence-electron chi connectivity index (χ4n) is 1.26. The molecule has 0 heterocycles. The summed E-state index contributed by atoms with van der Waals surface area (Å²) in [5.41, 5.74) is 6.56. The molecule has 1 aromatic carbocycles. The van der Waals surface area contributed by atoms with Crippen LogP contribution in [0, 0.1) is 0 Å². The molecule has 0 atom stereocenters. The third-order valence-electron chi connectivity index (χ3n) is 2.20. The van der Waals surface area contributed by atoms with Crippen LogP contribution in [0.4, 0.5) is 0 Å². The molecule has 1 aromatic rings. The summed E-state index contributed by atoms with van der Waals surface area (Å²) in [5.74, 6) is 1.20. The van der Waals surface area contributed by atoms with E-state index in [4.69, 9.17) is 22.1 Å². The molecule has 1 rings (SSSR count). The zero-order valence-electron chi connectivity index (χ0n) is 9.46. The Morgan fingerprint density at radius 2 is 2.31 bits per heavy atom. The van der Waals surface area contributed by atoms with E-state index in [1.165, 1.54) is 0 Å². The van der Waals surface area contributed by atoms with Crippen molar-refractivity contribution in [1.82, 2.24) is 5.32 Å². The van der Waals surface area contributed by atoms with Gasteiger partial charge < -0.3 is 15.8 Å². The maximum Gasteiger partial charge on any atom is 0.188 e. The standard InChI is InChI=1S/C11H16ClN3O/c1-14-11(13)15-6-5-8-3-4-9(16-2)7-10(8)12/h3-4,7H,5-6H2,1-2H3,(H3,13,14,15). The molecule has 5 heteroatoms. The SMILES string of the molecule is CN=C(N)NCCc1ccc(OC)cc1Cl. The number of methoxy groups -OCH3 is 1. The average Bonchev–Trinajstić information content (AvgIpc) is 2.30. The molecule has 0 aliphatic heterocycles. The van der Waals surface area contributed by atoms with Gasteiger partial charge in [0.1, 0.15) is 5.75 Å². The minimum absolute atomic E-state index is 0.435. The smallest absolute Gasteiger partial charge is 0.188 e. The van der Waals surface area contributed by atoms with Crippen LogP contribution in [-0.4, -0.2) is 26.7 Å². The molecule has 0 unspecified atom stereocenters. The number of ether oxygens (including phenoxy) is 1. The lowest BCUT2D eigenvalue weighted by molar-refractivity contribution is 0.414. The Morgan fingerprint density at radius 1 is 1.56 bits per heavy atom. The van der Waals surface area contributed by atoms with E-state index < -0.39 is 0 Å². The van der Waals surface area contributed by atoms with E-state index in [9.17, 15) is 0 Å². The summed E-state index contributed by atoms with van der Waals surface area (Å²) in [5, 5.41) is 3.68. The number of nitrogens with two attached hydrogens (primary N) is 1. The van der Waals surface area contributed by atoms with E-state index >= 15 is 0 Å². The molecule has 0 amide bonds. The number of nitrogens with one attached hydrogen (secondary N) is 1. The van der Waals surface area contributed by atoms with Crippen LogP contribution in [0.5, 0.6) is 5.75 Å². The predicted molar refractivity (Wildman–Crippen MR) is 67.3 cm³/mol. The molecule has 0 radical (unpaired) electrons. The van der Waals surface area contributed by atoms with Crippen molar-refractivity contribution in [2.75, 3.05) is 20.7 Å². The highest BCUT2D eigenvalue weighted by molar-refractivity contribution is 6.31. The quantitative estimate of drug-likeness (QED) is 0.619. The normalized spacial score (nSPS) is 11.3. The van der Waals surface area contributed by atoms with Crippen LogP contribution < -0.4 is 15.8 Å². The first-order chi connectivity index (χ1) is 7.67. The van der Waals surface area contributed by atoms with Gasteiger partial charge in [0, 0.05) is 18.6 Å². The summed E-state index contributed by atoms with van der Waals surface area (Å²) in [6.45, 7) is 0.704. The first kappa shape index (κ1) is 12.6. The van der Waals surface area contributed by atoms with Crippen molar-refractivity contribution >= 4 is 17.6 Å². The Labute approximate surface area is 100 Å². The van der Waals surface area contributed by atoms with Crippen LogP contribution in [0.2, 0.25) is 5.02 Å². The van der Waals surface area contributed by atoms with Crippen molar-refractivity contribution < 1.29 is 4.74 Å². The average molecular weight is 242 g/mol. The van der Waals surface area contributed by atoms with E-state index in [-0.39, 0.29) is 0 Å². The number of nitrogens with zero attached hydrogens (tertiary/aromatic N) is 1. The van der Waals surface area contributed by atoms with E-state index in [0.29, 0.717) is 17.5 Å². The topological polar surface area (TPSA) is 59.6 Å². The number of benzene rings is 1. The van der Waals surface area contributed by atoms with Crippen molar-refractivity contribution in [3.8, 4) is 5.75 Å². The van der Waals surface area contributed by atoms with Gasteiger partial charge >= 0.3 is 0 Å². The summed E-state index contributed by atoms with van der Waals surface area (Å²) in [4.78, 5) is 3.80. The van der Waals surface area contributed by atoms with Crippen LogP contribution in [0.1, 0.15) is 5.56 Å². The molecule has 0 aliphatic carbocycles. The Hall–Kier alpha value is -1.42. The molecule has 0 saturated carbocycles. The lowest BCUT2D eigenvalue weighted by Gasteiger charge is -2.08. The molecular formula is C11H16ClN3O. The Bertz CT molecular complexity index is 379. The van der Waals surface area contributed by atoms with E-state index in [1.807, 2.05) is 12.1 Å². The van der Waals surface area contributed by atoms with Crippen LogP contribution in [-0.2, 0) is 6.42 Å². The van der Waals surface area contributed by atoms with E-state index in [1.54, 1.807) is 20.2 Å². The van der Waals surface area contributed by atoms with Gasteiger partial charge in [0.2, 0.25) is 0 Å². The monoisotopic (exact) mass is 241 g/mol. The molecule has 0 spiro atoms. The predicted octanol–water partition coefficient (Wildman–Crippen LogP) is 1.43. The number of hydrogen-bond donors (Lipinski definition) is 2. The van der Waals surface area contributed by atoms with Crippen LogP contribution in [0.15, 0.2) is 23.2 Å². The molecule has 4 nitrogen and oxygen atoms in total. The Kier molecular flexibility index (Phi) is 4.92. The lowest BCUT2D eigenvalue weighted by Crippen LogP contribution is -2.32. The summed E-state index contributed by atoms with van der Waals surface area (Å²) in [7, 11) is 3.26. The molecule has 16 heavy (non-hydrogen) atoms. The number of hydrogen-bond acceptors (Lipinski definition) is 2. The fraction of sp³-hybridized carbons (Fsp3) is 0.364. The highest BCUT2D eigenvalue weighted by Gasteiger charge is 2.02. The van der Waals surface area contributed by atoms with Gasteiger partial charge in [0.25, 0.3) is 0 Å². The van der Waals surface area contributed by atoms with Crippen molar-refractivity contribution in [2.45, 2.75) is 6.42 Å². The van der Waals surface area contributed by atoms with Crippen molar-refractivity contribution in [3.05, 3.63) is 28.8 Å². The molecule has 3 N–H and O–H groups in total. The first-order valence-electron chi connectivity index (χ1n) is 4.96. The highest BCUT2D eigenvalue weighted by Crippen LogP contribution is 2.22. The first-order valence-corrected chi connectivity index (χ1v) is 5.33. The summed E-state index contributed by atoms with van der Waals surface area (Å²) < 4.78 is 5.07. The molecule has 0 aliphatic rings.